The molecule has 1 aromatic heterocycles. The number of aromatic nitrogens is 1. The fourth-order valence-electron chi connectivity index (χ4n) is 4.20. The summed E-state index contributed by atoms with van der Waals surface area (Å²) in [7, 11) is -2.36. The lowest BCUT2D eigenvalue weighted by atomic mass is 9.98. The van der Waals surface area contributed by atoms with Crippen molar-refractivity contribution in [3.05, 3.63) is 96.7 Å². The van der Waals surface area contributed by atoms with E-state index in [0.717, 1.165) is 32.8 Å². The summed E-state index contributed by atoms with van der Waals surface area (Å²) in [6.45, 7) is 0. The number of carbonyl (C=O) groups is 1. The van der Waals surface area contributed by atoms with E-state index in [1.165, 1.54) is 24.3 Å². The lowest BCUT2D eigenvalue weighted by Gasteiger charge is -2.17. The smallest absolute Gasteiger partial charge is 0.286 e. The van der Waals surface area contributed by atoms with Gasteiger partial charge in [-0.25, -0.2) is 0 Å². The van der Waals surface area contributed by atoms with Gasteiger partial charge in [-0.3, -0.25) is 10.0 Å². The number of rotatable bonds is 5. The van der Waals surface area contributed by atoms with Crippen molar-refractivity contribution >= 4 is 43.3 Å². The quantitative estimate of drug-likeness (QED) is 0.363. The summed E-state index contributed by atoms with van der Waals surface area (Å²) in [6.07, 6.45) is 2.00. The van der Waals surface area contributed by atoms with Crippen molar-refractivity contribution < 1.29 is 18.4 Å². The van der Waals surface area contributed by atoms with E-state index in [9.17, 15) is 18.4 Å². The number of sulfonamides is 1. The van der Waals surface area contributed by atoms with Crippen molar-refractivity contribution in [2.75, 3.05) is 4.47 Å². The molecule has 7 nitrogen and oxygen atoms in total. The highest BCUT2D eigenvalue weighted by atomic mass is 32.2. The van der Waals surface area contributed by atoms with Crippen molar-refractivity contribution in [2.24, 2.45) is 12.8 Å². The molecule has 1 amide bonds. The summed E-state index contributed by atoms with van der Waals surface area (Å²) in [5, 5.41) is 13.7. The molecule has 0 saturated heterocycles. The maximum absolute atomic E-state index is 13.0. The van der Waals surface area contributed by atoms with Gasteiger partial charge in [-0.05, 0) is 58.8 Å². The van der Waals surface area contributed by atoms with Crippen LogP contribution in [0.3, 0.4) is 0 Å². The number of nitrogens with two attached hydrogens (primary N) is 1. The predicted molar refractivity (Wildman–Crippen MR) is 132 cm³/mol. The molecular weight excluding hydrogens is 450 g/mol. The first kappa shape index (κ1) is 21.7. The SMILES string of the molecule is Cn1cc(-c2cccc3ccccc23)c2cc(N(O)S(=O)(=O)c3ccc(C(N)=O)cc3)ccc21. The van der Waals surface area contributed by atoms with Gasteiger partial charge in [-0.2, -0.15) is 8.42 Å². The van der Waals surface area contributed by atoms with Gasteiger partial charge in [0.15, 0.2) is 0 Å². The second kappa shape index (κ2) is 8.02. The maximum atomic E-state index is 13.0. The molecule has 0 fully saturated rings. The molecule has 3 N–H and O–H groups in total. The van der Waals surface area contributed by atoms with Crippen molar-refractivity contribution in [3.63, 3.8) is 0 Å². The van der Waals surface area contributed by atoms with E-state index in [0.29, 0.717) is 0 Å². The number of hydrogen-bond acceptors (Lipinski definition) is 4. The molecule has 34 heavy (non-hydrogen) atoms. The van der Waals surface area contributed by atoms with Crippen molar-refractivity contribution in [2.45, 2.75) is 4.90 Å². The number of anilines is 1. The fraction of sp³-hybridized carbons (Fsp3) is 0.0385. The second-order valence-electron chi connectivity index (χ2n) is 8.02. The van der Waals surface area contributed by atoms with Gasteiger partial charge in [-0.1, -0.05) is 42.5 Å². The lowest BCUT2D eigenvalue weighted by Crippen LogP contribution is -2.27. The highest BCUT2D eigenvalue weighted by molar-refractivity contribution is 7.92. The minimum absolute atomic E-state index is 0.0964. The minimum atomic E-state index is -4.28. The summed E-state index contributed by atoms with van der Waals surface area (Å²) in [5.41, 5.74) is 8.32. The molecule has 0 aliphatic carbocycles. The first-order valence-corrected chi connectivity index (χ1v) is 11.9. The topological polar surface area (TPSA) is 106 Å². The lowest BCUT2D eigenvalue weighted by molar-refractivity contribution is 0.1000. The summed E-state index contributed by atoms with van der Waals surface area (Å²) >= 11 is 0. The molecule has 0 bridgehead atoms. The Kier molecular flexibility index (Phi) is 5.11. The van der Waals surface area contributed by atoms with E-state index < -0.39 is 15.9 Å². The van der Waals surface area contributed by atoms with Crippen molar-refractivity contribution in [3.8, 4) is 11.1 Å². The van der Waals surface area contributed by atoms with Crippen LogP contribution in [0.15, 0.2) is 96.0 Å². The normalized spacial score (nSPS) is 11.7. The van der Waals surface area contributed by atoms with E-state index in [1.807, 2.05) is 60.3 Å². The molecule has 170 valence electrons. The van der Waals surface area contributed by atoms with Crippen LogP contribution in [0.4, 0.5) is 5.69 Å². The largest absolute Gasteiger partial charge is 0.366 e. The number of carbonyl (C=O) groups excluding carboxylic acids is 1. The van der Waals surface area contributed by atoms with Gasteiger partial charge in [0.25, 0.3) is 10.0 Å². The Morgan fingerprint density at radius 3 is 2.32 bits per heavy atom. The van der Waals surface area contributed by atoms with E-state index in [4.69, 9.17) is 5.73 Å². The van der Waals surface area contributed by atoms with Gasteiger partial charge in [0, 0.05) is 35.3 Å². The standard InChI is InChI=1S/C26H21N3O4S/c1-28-16-24(22-8-4-6-17-5-2-3-7-21(17)22)23-15-19(11-14-25(23)28)29(31)34(32,33)20-12-9-18(10-13-20)26(27)30/h2-16,31H,1H3,(H2,27,30). The van der Waals surface area contributed by atoms with Crippen LogP contribution in [0.2, 0.25) is 0 Å². The molecule has 0 saturated carbocycles. The molecule has 0 aliphatic heterocycles. The Hall–Kier alpha value is -4.14. The zero-order valence-electron chi connectivity index (χ0n) is 18.2. The summed E-state index contributed by atoms with van der Waals surface area (Å²) in [5.74, 6) is -0.666. The Morgan fingerprint density at radius 1 is 0.882 bits per heavy atom. The third kappa shape index (κ3) is 3.49. The van der Waals surface area contributed by atoms with E-state index >= 15 is 0 Å². The van der Waals surface area contributed by atoms with Crippen LogP contribution in [0.1, 0.15) is 10.4 Å². The molecule has 1 heterocycles. The van der Waals surface area contributed by atoms with Crippen LogP contribution in [-0.4, -0.2) is 24.1 Å². The number of benzene rings is 4. The zero-order chi connectivity index (χ0) is 24.0. The van der Waals surface area contributed by atoms with Gasteiger partial charge in [0.1, 0.15) is 0 Å². The van der Waals surface area contributed by atoms with Crippen LogP contribution >= 0.6 is 0 Å². The predicted octanol–water partition coefficient (Wildman–Crippen LogP) is 4.68. The van der Waals surface area contributed by atoms with Crippen molar-refractivity contribution in [1.82, 2.24) is 4.57 Å². The number of nitrogens with zero attached hydrogens (tertiary/aromatic N) is 2. The second-order valence-corrected chi connectivity index (χ2v) is 9.79. The van der Waals surface area contributed by atoms with Gasteiger partial charge < -0.3 is 10.3 Å². The number of amides is 1. The van der Waals surface area contributed by atoms with E-state index in [-0.39, 0.29) is 20.6 Å². The number of primary amides is 1. The van der Waals surface area contributed by atoms with E-state index in [1.54, 1.807) is 18.2 Å². The third-order valence-corrected chi connectivity index (χ3v) is 7.47. The van der Waals surface area contributed by atoms with Gasteiger partial charge in [-0.15, -0.1) is 4.47 Å². The summed E-state index contributed by atoms with van der Waals surface area (Å²) in [4.78, 5) is 11.1. The van der Waals surface area contributed by atoms with Crippen molar-refractivity contribution in [1.29, 1.82) is 0 Å². The Balaban J connectivity index is 1.62. The zero-order valence-corrected chi connectivity index (χ0v) is 19.0. The third-order valence-electron chi connectivity index (χ3n) is 5.94. The van der Waals surface area contributed by atoms with Gasteiger partial charge >= 0.3 is 0 Å². The Morgan fingerprint density at radius 2 is 1.59 bits per heavy atom. The monoisotopic (exact) mass is 471 g/mol. The maximum Gasteiger partial charge on any atom is 0.286 e. The average molecular weight is 472 g/mol. The highest BCUT2D eigenvalue weighted by Crippen LogP contribution is 2.37. The van der Waals surface area contributed by atoms with Crippen LogP contribution in [0, 0.1) is 0 Å². The molecule has 0 aliphatic rings. The molecule has 0 atom stereocenters. The van der Waals surface area contributed by atoms with Crippen LogP contribution in [0.25, 0.3) is 32.8 Å². The summed E-state index contributed by atoms with van der Waals surface area (Å²) < 4.78 is 28.3. The van der Waals surface area contributed by atoms with Gasteiger partial charge in [0.2, 0.25) is 5.91 Å². The van der Waals surface area contributed by atoms with E-state index in [2.05, 4.69) is 0 Å². The number of fused-ring (bicyclic) bond motifs is 2. The van der Waals surface area contributed by atoms with Crippen LogP contribution in [0.5, 0.6) is 0 Å². The Bertz CT molecular complexity index is 1670. The Labute approximate surface area is 196 Å². The molecule has 0 radical (unpaired) electrons. The average Bonchev–Trinajstić information content (AvgIpc) is 3.18. The summed E-state index contributed by atoms with van der Waals surface area (Å²) in [6, 6.07) is 24.2. The molecule has 5 rings (SSSR count). The first-order chi connectivity index (χ1) is 16.3. The minimum Gasteiger partial charge on any atom is -0.366 e. The molecular formula is C26H21N3O4S. The number of hydrogen-bond donors (Lipinski definition) is 2. The molecule has 0 unspecified atom stereocenters. The first-order valence-electron chi connectivity index (χ1n) is 10.5. The highest BCUT2D eigenvalue weighted by Gasteiger charge is 2.25. The molecule has 5 aromatic rings. The fourth-order valence-corrected chi connectivity index (χ4v) is 5.27. The van der Waals surface area contributed by atoms with Crippen LogP contribution < -0.4 is 10.2 Å². The molecule has 8 heteroatoms. The molecule has 0 spiro atoms. The molecule has 4 aromatic carbocycles. The van der Waals surface area contributed by atoms with Crippen LogP contribution in [-0.2, 0) is 17.1 Å². The van der Waals surface area contributed by atoms with Gasteiger partial charge in [0.05, 0.1) is 10.6 Å². The number of aryl methyl sites for hydroxylation is 1.